The van der Waals surface area contributed by atoms with Crippen LogP contribution in [0.5, 0.6) is 0 Å². The number of rotatable bonds is 4. The third-order valence-corrected chi connectivity index (χ3v) is 9.54. The molecule has 4 rings (SSSR count). The summed E-state index contributed by atoms with van der Waals surface area (Å²) in [5, 5.41) is 0.661. The molecule has 0 aromatic carbocycles. The van der Waals surface area contributed by atoms with E-state index in [0.29, 0.717) is 71.5 Å². The quantitative estimate of drug-likeness (QED) is 0.692. The van der Waals surface area contributed by atoms with E-state index in [1.165, 1.54) is 11.3 Å². The molecular weight excluding hydrogens is 436 g/mol. The van der Waals surface area contributed by atoms with Crippen LogP contribution in [0.15, 0.2) is 11.0 Å². The van der Waals surface area contributed by atoms with E-state index in [1.54, 1.807) is 15.3 Å². The van der Waals surface area contributed by atoms with Crippen LogP contribution >= 0.6 is 11.3 Å². The van der Waals surface area contributed by atoms with Gasteiger partial charge < -0.3 is 14.2 Å². The lowest BCUT2D eigenvalue weighted by Crippen LogP contribution is -2.40. The molecule has 8 nitrogen and oxygen atoms in total. The number of hydrogen-bond donors (Lipinski definition) is 0. The van der Waals surface area contributed by atoms with E-state index in [9.17, 15) is 13.2 Å². The zero-order valence-electron chi connectivity index (χ0n) is 18.5. The SMILES string of the molecule is Cc1nc(-c2cc(S(=O)(=O)N3CCC(C)CC3)c(C)n2C)sc1C(=O)N1CCOCC1. The standard InChI is InChI=1S/C21H30N4O4S2/c1-14-5-7-25(8-6-14)31(27,28)18-13-17(23(4)16(18)3)20-22-15(2)19(30-20)21(26)24-9-11-29-12-10-24/h13-14H,5-12H2,1-4H3. The van der Waals surface area contributed by atoms with Gasteiger partial charge in [-0.05, 0) is 38.7 Å². The van der Waals surface area contributed by atoms with Crippen LogP contribution in [0.3, 0.4) is 0 Å². The van der Waals surface area contributed by atoms with Crippen molar-refractivity contribution in [3.63, 3.8) is 0 Å². The largest absolute Gasteiger partial charge is 0.378 e. The Morgan fingerprint density at radius 3 is 2.45 bits per heavy atom. The minimum absolute atomic E-state index is 0.0363. The van der Waals surface area contributed by atoms with Crippen LogP contribution in [0.25, 0.3) is 10.7 Å². The molecular formula is C21H30N4O4S2. The molecule has 0 spiro atoms. The molecule has 170 valence electrons. The van der Waals surface area contributed by atoms with E-state index >= 15 is 0 Å². The van der Waals surface area contributed by atoms with Gasteiger partial charge in [0, 0.05) is 38.9 Å². The molecule has 0 aliphatic carbocycles. The Labute approximate surface area is 187 Å². The van der Waals surface area contributed by atoms with Crippen molar-refractivity contribution in [3.05, 3.63) is 22.3 Å². The molecule has 4 heterocycles. The Kier molecular flexibility index (Phi) is 6.26. The highest BCUT2D eigenvalue weighted by atomic mass is 32.2. The summed E-state index contributed by atoms with van der Waals surface area (Å²) in [5.41, 5.74) is 2.07. The van der Waals surface area contributed by atoms with E-state index in [0.717, 1.165) is 18.5 Å². The van der Waals surface area contributed by atoms with Gasteiger partial charge in [-0.2, -0.15) is 4.31 Å². The minimum Gasteiger partial charge on any atom is -0.378 e. The fourth-order valence-electron chi connectivity index (χ4n) is 4.12. The lowest BCUT2D eigenvalue weighted by Gasteiger charge is -2.29. The Morgan fingerprint density at radius 1 is 1.16 bits per heavy atom. The maximum Gasteiger partial charge on any atom is 0.266 e. The highest BCUT2D eigenvalue weighted by molar-refractivity contribution is 7.89. The molecule has 2 aliphatic rings. The van der Waals surface area contributed by atoms with Gasteiger partial charge in [0.2, 0.25) is 10.0 Å². The number of amides is 1. The maximum absolute atomic E-state index is 13.3. The summed E-state index contributed by atoms with van der Waals surface area (Å²) in [6.07, 6.45) is 1.77. The van der Waals surface area contributed by atoms with E-state index in [-0.39, 0.29) is 5.91 Å². The van der Waals surface area contributed by atoms with Crippen molar-refractivity contribution < 1.29 is 17.9 Å². The first-order chi connectivity index (χ1) is 14.7. The first kappa shape index (κ1) is 22.4. The number of nitrogens with zero attached hydrogens (tertiary/aromatic N) is 4. The van der Waals surface area contributed by atoms with Gasteiger partial charge in [0.05, 0.1) is 24.6 Å². The van der Waals surface area contributed by atoms with Crippen LogP contribution in [0, 0.1) is 19.8 Å². The summed E-state index contributed by atoms with van der Waals surface area (Å²) in [6, 6.07) is 1.71. The molecule has 2 aromatic heterocycles. The Bertz CT molecular complexity index is 1080. The number of hydrogen-bond acceptors (Lipinski definition) is 6. The molecule has 2 aliphatic heterocycles. The van der Waals surface area contributed by atoms with Gasteiger partial charge >= 0.3 is 0 Å². The van der Waals surface area contributed by atoms with Gasteiger partial charge in [-0.25, -0.2) is 13.4 Å². The highest BCUT2D eigenvalue weighted by Crippen LogP contribution is 2.34. The molecule has 0 atom stereocenters. The van der Waals surface area contributed by atoms with Crippen molar-refractivity contribution in [2.24, 2.45) is 13.0 Å². The van der Waals surface area contributed by atoms with Crippen molar-refractivity contribution >= 4 is 27.3 Å². The maximum atomic E-state index is 13.3. The number of carbonyl (C=O) groups excluding carboxylic acids is 1. The summed E-state index contributed by atoms with van der Waals surface area (Å²) < 4.78 is 35.4. The molecule has 0 unspecified atom stereocenters. The van der Waals surface area contributed by atoms with E-state index in [1.807, 2.05) is 25.5 Å². The van der Waals surface area contributed by atoms with Crippen molar-refractivity contribution in [3.8, 4) is 10.7 Å². The second kappa shape index (κ2) is 8.65. The number of aromatic nitrogens is 2. The van der Waals surface area contributed by atoms with Gasteiger partial charge in [0.25, 0.3) is 5.91 Å². The molecule has 1 amide bonds. The van der Waals surface area contributed by atoms with E-state index in [2.05, 4.69) is 11.9 Å². The Morgan fingerprint density at radius 2 is 1.81 bits per heavy atom. The zero-order chi connectivity index (χ0) is 22.3. The third kappa shape index (κ3) is 4.18. The monoisotopic (exact) mass is 466 g/mol. The van der Waals surface area contributed by atoms with Crippen LogP contribution < -0.4 is 0 Å². The molecule has 2 fully saturated rings. The third-order valence-electron chi connectivity index (χ3n) is 6.36. The first-order valence-electron chi connectivity index (χ1n) is 10.7. The van der Waals surface area contributed by atoms with E-state index in [4.69, 9.17) is 4.74 Å². The minimum atomic E-state index is -3.56. The predicted molar refractivity (Wildman–Crippen MR) is 120 cm³/mol. The van der Waals surface area contributed by atoms with Crippen LogP contribution in [-0.4, -0.2) is 72.5 Å². The molecule has 10 heteroatoms. The van der Waals surface area contributed by atoms with Gasteiger partial charge in [0.1, 0.15) is 14.8 Å². The number of thiazole rings is 1. The number of piperidine rings is 1. The number of morpholine rings is 1. The Balaban J connectivity index is 1.65. The first-order valence-corrected chi connectivity index (χ1v) is 13.0. The summed E-state index contributed by atoms with van der Waals surface area (Å²) in [6.45, 7) is 9.17. The van der Waals surface area contributed by atoms with Crippen LogP contribution in [0.1, 0.15) is 40.8 Å². The number of ether oxygens (including phenoxy) is 1. The van der Waals surface area contributed by atoms with Crippen molar-refractivity contribution in [1.82, 2.24) is 18.8 Å². The summed E-state index contributed by atoms with van der Waals surface area (Å²) >= 11 is 1.32. The lowest BCUT2D eigenvalue weighted by molar-refractivity contribution is 0.0305. The van der Waals surface area contributed by atoms with Gasteiger partial charge in [-0.3, -0.25) is 4.79 Å². The number of aryl methyl sites for hydroxylation is 1. The topological polar surface area (TPSA) is 84.7 Å². The molecule has 0 bridgehead atoms. The fraction of sp³-hybridized carbons (Fsp3) is 0.619. The van der Waals surface area contributed by atoms with Crippen LogP contribution in [0.4, 0.5) is 0 Å². The van der Waals surface area contributed by atoms with E-state index < -0.39 is 10.0 Å². The molecule has 0 saturated carbocycles. The van der Waals surface area contributed by atoms with Crippen LogP contribution in [-0.2, 0) is 21.8 Å². The lowest BCUT2D eigenvalue weighted by atomic mass is 10.0. The predicted octanol–water partition coefficient (Wildman–Crippen LogP) is 2.66. The molecule has 31 heavy (non-hydrogen) atoms. The van der Waals surface area contributed by atoms with Crippen molar-refractivity contribution in [1.29, 1.82) is 0 Å². The summed E-state index contributed by atoms with van der Waals surface area (Å²) in [5.74, 6) is 0.519. The Hall–Kier alpha value is -1.75. The summed E-state index contributed by atoms with van der Waals surface area (Å²) in [7, 11) is -1.71. The smallest absolute Gasteiger partial charge is 0.266 e. The average molecular weight is 467 g/mol. The van der Waals surface area contributed by atoms with Gasteiger partial charge in [0.15, 0.2) is 0 Å². The summed E-state index contributed by atoms with van der Waals surface area (Å²) in [4.78, 5) is 20.3. The van der Waals surface area contributed by atoms with Gasteiger partial charge in [-0.15, -0.1) is 11.3 Å². The normalized spacial score (nSPS) is 19.2. The molecule has 0 radical (unpaired) electrons. The second-order valence-electron chi connectivity index (χ2n) is 8.46. The second-order valence-corrected chi connectivity index (χ2v) is 11.4. The van der Waals surface area contributed by atoms with Crippen molar-refractivity contribution in [2.45, 2.75) is 38.5 Å². The van der Waals surface area contributed by atoms with Gasteiger partial charge in [-0.1, -0.05) is 6.92 Å². The number of sulfonamides is 1. The van der Waals surface area contributed by atoms with Crippen molar-refractivity contribution in [2.75, 3.05) is 39.4 Å². The molecule has 0 N–H and O–H groups in total. The molecule has 2 aromatic rings. The number of carbonyl (C=O) groups is 1. The average Bonchev–Trinajstić information content (AvgIpc) is 3.28. The highest BCUT2D eigenvalue weighted by Gasteiger charge is 2.32. The zero-order valence-corrected chi connectivity index (χ0v) is 20.2. The molecule has 2 saturated heterocycles. The fourth-order valence-corrected chi connectivity index (χ4v) is 6.94. The van der Waals surface area contributed by atoms with Crippen LogP contribution in [0.2, 0.25) is 0 Å².